The van der Waals surface area contributed by atoms with Gasteiger partial charge < -0.3 is 10.5 Å². The SMILES string of the molecule is COC(=O)C(C)C(N)Cc1ccncc1.Cl. The molecule has 2 N–H and O–H groups in total. The first-order chi connectivity index (χ1) is 7.15. The molecule has 0 amide bonds. The Morgan fingerprint density at radius 2 is 2.06 bits per heavy atom. The van der Waals surface area contributed by atoms with Crippen molar-refractivity contribution < 1.29 is 9.53 Å². The van der Waals surface area contributed by atoms with Crippen LogP contribution in [0.25, 0.3) is 0 Å². The lowest BCUT2D eigenvalue weighted by atomic mass is 9.96. The number of rotatable bonds is 4. The van der Waals surface area contributed by atoms with Crippen LogP contribution >= 0.6 is 12.4 Å². The van der Waals surface area contributed by atoms with Gasteiger partial charge in [-0.2, -0.15) is 0 Å². The van der Waals surface area contributed by atoms with E-state index in [9.17, 15) is 4.79 Å². The summed E-state index contributed by atoms with van der Waals surface area (Å²) >= 11 is 0. The lowest BCUT2D eigenvalue weighted by Crippen LogP contribution is -2.36. The number of carbonyl (C=O) groups is 1. The Bertz CT molecular complexity index is 319. The third-order valence-corrected chi connectivity index (χ3v) is 2.44. The summed E-state index contributed by atoms with van der Waals surface area (Å²) in [6.07, 6.45) is 4.08. The predicted octanol–water partition coefficient (Wildman–Crippen LogP) is 1.18. The molecule has 0 aliphatic carbocycles. The first kappa shape index (κ1) is 14.9. The maximum atomic E-state index is 11.2. The molecular weight excluding hydrogens is 228 g/mol. The van der Waals surface area contributed by atoms with Gasteiger partial charge >= 0.3 is 5.97 Å². The standard InChI is InChI=1S/C11H16N2O2.ClH/c1-8(11(14)15-2)10(12)7-9-3-5-13-6-4-9;/h3-6,8,10H,7,12H2,1-2H3;1H. The predicted molar refractivity (Wildman–Crippen MR) is 64.3 cm³/mol. The van der Waals surface area contributed by atoms with Gasteiger partial charge in [-0.05, 0) is 24.1 Å². The fraction of sp³-hybridized carbons (Fsp3) is 0.455. The van der Waals surface area contributed by atoms with E-state index in [2.05, 4.69) is 9.72 Å². The molecule has 2 unspecified atom stereocenters. The van der Waals surface area contributed by atoms with Crippen molar-refractivity contribution in [2.45, 2.75) is 19.4 Å². The highest BCUT2D eigenvalue weighted by molar-refractivity contribution is 5.85. The smallest absolute Gasteiger partial charge is 0.309 e. The highest BCUT2D eigenvalue weighted by atomic mass is 35.5. The number of hydrogen-bond acceptors (Lipinski definition) is 4. The first-order valence-electron chi connectivity index (χ1n) is 4.87. The molecule has 5 heteroatoms. The molecule has 0 aromatic carbocycles. The molecule has 0 bridgehead atoms. The number of carbonyl (C=O) groups excluding carboxylic acids is 1. The maximum absolute atomic E-state index is 11.2. The van der Waals surface area contributed by atoms with E-state index >= 15 is 0 Å². The van der Waals surface area contributed by atoms with E-state index in [1.165, 1.54) is 7.11 Å². The molecular formula is C11H17ClN2O2. The van der Waals surface area contributed by atoms with Gasteiger partial charge in [0, 0.05) is 18.4 Å². The minimum Gasteiger partial charge on any atom is -0.469 e. The number of methoxy groups -OCH3 is 1. The zero-order chi connectivity index (χ0) is 11.3. The summed E-state index contributed by atoms with van der Waals surface area (Å²) in [5.41, 5.74) is 6.98. The van der Waals surface area contributed by atoms with Crippen molar-refractivity contribution in [2.75, 3.05) is 7.11 Å². The molecule has 0 saturated heterocycles. The number of nitrogens with two attached hydrogens (primary N) is 1. The molecule has 0 fully saturated rings. The van der Waals surface area contributed by atoms with Crippen LogP contribution in [0.1, 0.15) is 12.5 Å². The molecule has 2 atom stereocenters. The Kier molecular flexibility index (Phi) is 6.69. The maximum Gasteiger partial charge on any atom is 0.309 e. The molecule has 16 heavy (non-hydrogen) atoms. The van der Waals surface area contributed by atoms with E-state index in [1.54, 1.807) is 19.3 Å². The van der Waals surface area contributed by atoms with Gasteiger partial charge in [0.25, 0.3) is 0 Å². The number of nitrogens with zero attached hydrogens (tertiary/aromatic N) is 1. The van der Waals surface area contributed by atoms with Crippen molar-refractivity contribution in [3.05, 3.63) is 30.1 Å². The van der Waals surface area contributed by atoms with Crippen LogP contribution in [0.2, 0.25) is 0 Å². The van der Waals surface area contributed by atoms with Gasteiger partial charge in [0.05, 0.1) is 13.0 Å². The average molecular weight is 245 g/mol. The third-order valence-electron chi connectivity index (χ3n) is 2.44. The van der Waals surface area contributed by atoms with Crippen molar-refractivity contribution in [2.24, 2.45) is 11.7 Å². The number of ether oxygens (including phenoxy) is 1. The molecule has 1 heterocycles. The van der Waals surface area contributed by atoms with Crippen molar-refractivity contribution in [1.29, 1.82) is 0 Å². The highest BCUT2D eigenvalue weighted by Gasteiger charge is 2.21. The molecule has 1 aromatic rings. The normalized spacial score (nSPS) is 13.4. The van der Waals surface area contributed by atoms with Crippen LogP contribution in [0.3, 0.4) is 0 Å². The van der Waals surface area contributed by atoms with E-state index in [0.717, 1.165) is 5.56 Å². The lowest BCUT2D eigenvalue weighted by molar-refractivity contribution is -0.145. The van der Waals surface area contributed by atoms with Crippen LogP contribution in [0.4, 0.5) is 0 Å². The minimum atomic E-state index is -0.289. The summed E-state index contributed by atoms with van der Waals surface area (Å²) in [6.45, 7) is 1.78. The van der Waals surface area contributed by atoms with E-state index in [4.69, 9.17) is 5.73 Å². The number of hydrogen-bond donors (Lipinski definition) is 1. The Labute approximate surface area is 102 Å². The van der Waals surface area contributed by atoms with Crippen LogP contribution < -0.4 is 5.73 Å². The summed E-state index contributed by atoms with van der Waals surface area (Å²) in [5, 5.41) is 0. The fourth-order valence-electron chi connectivity index (χ4n) is 1.33. The molecule has 90 valence electrons. The Morgan fingerprint density at radius 1 is 1.50 bits per heavy atom. The summed E-state index contributed by atoms with van der Waals surface area (Å²) in [5.74, 6) is -0.556. The quantitative estimate of drug-likeness (QED) is 0.808. The summed E-state index contributed by atoms with van der Waals surface area (Å²) in [6, 6.07) is 3.56. The molecule has 0 radical (unpaired) electrons. The number of aromatic nitrogens is 1. The lowest BCUT2D eigenvalue weighted by Gasteiger charge is -2.17. The molecule has 1 aromatic heterocycles. The van der Waals surface area contributed by atoms with E-state index in [1.807, 2.05) is 12.1 Å². The number of pyridine rings is 1. The molecule has 1 rings (SSSR count). The molecule has 0 saturated carbocycles. The van der Waals surface area contributed by atoms with Crippen LogP contribution in [0, 0.1) is 5.92 Å². The van der Waals surface area contributed by atoms with E-state index < -0.39 is 0 Å². The van der Waals surface area contributed by atoms with Gasteiger partial charge in [-0.1, -0.05) is 6.92 Å². The Balaban J connectivity index is 0.00000225. The van der Waals surface area contributed by atoms with E-state index in [0.29, 0.717) is 6.42 Å². The van der Waals surface area contributed by atoms with Crippen LogP contribution in [0.15, 0.2) is 24.5 Å². The van der Waals surface area contributed by atoms with Crippen molar-refractivity contribution in [3.8, 4) is 0 Å². The number of esters is 1. The zero-order valence-corrected chi connectivity index (χ0v) is 10.2. The second-order valence-electron chi connectivity index (χ2n) is 3.54. The fourth-order valence-corrected chi connectivity index (χ4v) is 1.33. The van der Waals surface area contributed by atoms with Gasteiger partial charge in [0.1, 0.15) is 0 Å². The van der Waals surface area contributed by atoms with Gasteiger partial charge in [-0.25, -0.2) is 0 Å². The first-order valence-corrected chi connectivity index (χ1v) is 4.87. The van der Waals surface area contributed by atoms with Crippen LogP contribution in [-0.4, -0.2) is 24.1 Å². The second-order valence-corrected chi connectivity index (χ2v) is 3.54. The van der Waals surface area contributed by atoms with Crippen molar-refractivity contribution >= 4 is 18.4 Å². The average Bonchev–Trinajstić information content (AvgIpc) is 2.28. The van der Waals surface area contributed by atoms with Crippen LogP contribution in [0.5, 0.6) is 0 Å². The molecule has 0 spiro atoms. The van der Waals surface area contributed by atoms with Gasteiger partial charge in [-0.15, -0.1) is 12.4 Å². The highest BCUT2D eigenvalue weighted by Crippen LogP contribution is 2.09. The van der Waals surface area contributed by atoms with Crippen molar-refractivity contribution in [1.82, 2.24) is 4.98 Å². The number of halogens is 1. The van der Waals surface area contributed by atoms with Gasteiger partial charge in [0.15, 0.2) is 0 Å². The summed E-state index contributed by atoms with van der Waals surface area (Å²) < 4.78 is 4.64. The van der Waals surface area contributed by atoms with E-state index in [-0.39, 0.29) is 30.3 Å². The largest absolute Gasteiger partial charge is 0.469 e. The Morgan fingerprint density at radius 3 is 2.56 bits per heavy atom. The molecule has 0 aliphatic rings. The molecule has 4 nitrogen and oxygen atoms in total. The third kappa shape index (κ3) is 4.16. The van der Waals surface area contributed by atoms with Crippen molar-refractivity contribution in [3.63, 3.8) is 0 Å². The van der Waals surface area contributed by atoms with Crippen LogP contribution in [-0.2, 0) is 16.0 Å². The Hall–Kier alpha value is -1.13. The minimum absolute atomic E-state index is 0. The topological polar surface area (TPSA) is 65.2 Å². The monoisotopic (exact) mass is 244 g/mol. The summed E-state index contributed by atoms with van der Waals surface area (Å²) in [7, 11) is 1.37. The van der Waals surface area contributed by atoms with Gasteiger partial charge in [-0.3, -0.25) is 9.78 Å². The molecule has 0 aliphatic heterocycles. The second kappa shape index (κ2) is 7.19. The zero-order valence-electron chi connectivity index (χ0n) is 9.42. The summed E-state index contributed by atoms with van der Waals surface area (Å²) in [4.78, 5) is 15.1. The van der Waals surface area contributed by atoms with Gasteiger partial charge in [0.2, 0.25) is 0 Å².